The van der Waals surface area contributed by atoms with Gasteiger partial charge in [-0.3, -0.25) is 0 Å². The van der Waals surface area contributed by atoms with E-state index in [1.807, 2.05) is 12.1 Å². The van der Waals surface area contributed by atoms with Crippen molar-refractivity contribution in [2.24, 2.45) is 0 Å². The summed E-state index contributed by atoms with van der Waals surface area (Å²) in [6.45, 7) is 0.139. The molecule has 1 aliphatic rings. The van der Waals surface area contributed by atoms with E-state index in [-0.39, 0.29) is 12.4 Å². The first-order chi connectivity index (χ1) is 10.3. The van der Waals surface area contributed by atoms with Crippen molar-refractivity contribution in [2.75, 3.05) is 0 Å². The van der Waals surface area contributed by atoms with Crippen molar-refractivity contribution < 1.29 is 9.13 Å². The largest absolute Gasteiger partial charge is 0.489 e. The van der Waals surface area contributed by atoms with Crippen LogP contribution in [0.5, 0.6) is 5.75 Å². The van der Waals surface area contributed by atoms with E-state index in [1.54, 1.807) is 0 Å². The monoisotopic (exact) mass is 281 g/mol. The van der Waals surface area contributed by atoms with Gasteiger partial charge in [-0.15, -0.1) is 0 Å². The molecule has 0 aromatic heterocycles. The average molecular weight is 281 g/mol. The molecule has 0 aliphatic heterocycles. The molecule has 1 aliphatic carbocycles. The van der Waals surface area contributed by atoms with Crippen molar-refractivity contribution in [1.29, 1.82) is 5.26 Å². The predicted molar refractivity (Wildman–Crippen MR) is 78.5 cm³/mol. The quantitative estimate of drug-likeness (QED) is 0.846. The van der Waals surface area contributed by atoms with Crippen molar-refractivity contribution in [3.63, 3.8) is 0 Å². The standard InChI is InChI=1S/C18H16FNO/c19-18-8-5-13(11-20)9-16(18)12-21-17-7-6-14-3-1-2-4-15(14)10-17/h5-10H,1-4,12H2. The average Bonchev–Trinajstić information content (AvgIpc) is 2.54. The molecule has 3 rings (SSSR count). The summed E-state index contributed by atoms with van der Waals surface area (Å²) in [5, 5.41) is 8.86. The Balaban J connectivity index is 1.74. The molecule has 0 atom stereocenters. The summed E-state index contributed by atoms with van der Waals surface area (Å²) < 4.78 is 19.4. The van der Waals surface area contributed by atoms with E-state index in [0.29, 0.717) is 11.1 Å². The third-order valence-electron chi connectivity index (χ3n) is 3.89. The van der Waals surface area contributed by atoms with Crippen LogP contribution in [0, 0.1) is 17.1 Å². The zero-order valence-electron chi connectivity index (χ0n) is 11.7. The fourth-order valence-corrected chi connectivity index (χ4v) is 2.72. The highest BCUT2D eigenvalue weighted by Crippen LogP contribution is 2.26. The van der Waals surface area contributed by atoms with E-state index in [4.69, 9.17) is 10.00 Å². The number of nitriles is 1. The number of hydrogen-bond acceptors (Lipinski definition) is 2. The van der Waals surface area contributed by atoms with Gasteiger partial charge in [0.05, 0.1) is 11.6 Å². The van der Waals surface area contributed by atoms with Gasteiger partial charge in [0.15, 0.2) is 0 Å². The maximum atomic E-state index is 13.7. The molecule has 106 valence electrons. The van der Waals surface area contributed by atoms with Crippen LogP contribution in [-0.2, 0) is 19.4 Å². The summed E-state index contributed by atoms with van der Waals surface area (Å²) in [6.07, 6.45) is 4.69. The van der Waals surface area contributed by atoms with Gasteiger partial charge in [-0.1, -0.05) is 6.07 Å². The summed E-state index contributed by atoms with van der Waals surface area (Å²) in [6, 6.07) is 12.4. The topological polar surface area (TPSA) is 33.0 Å². The minimum absolute atomic E-state index is 0.139. The van der Waals surface area contributed by atoms with Crippen LogP contribution < -0.4 is 4.74 Å². The first-order valence-corrected chi connectivity index (χ1v) is 7.19. The molecular formula is C18H16FNO. The molecule has 0 bridgehead atoms. The molecule has 0 heterocycles. The minimum atomic E-state index is -0.341. The van der Waals surface area contributed by atoms with Crippen LogP contribution in [-0.4, -0.2) is 0 Å². The highest BCUT2D eigenvalue weighted by atomic mass is 19.1. The number of nitrogens with zero attached hydrogens (tertiary/aromatic N) is 1. The molecule has 3 heteroatoms. The molecule has 0 N–H and O–H groups in total. The van der Waals surface area contributed by atoms with Crippen molar-refractivity contribution >= 4 is 0 Å². The lowest BCUT2D eigenvalue weighted by Gasteiger charge is -2.17. The zero-order valence-corrected chi connectivity index (χ0v) is 11.7. The second kappa shape index (κ2) is 5.97. The number of hydrogen-bond donors (Lipinski definition) is 0. The fraction of sp³-hybridized carbons (Fsp3) is 0.278. The minimum Gasteiger partial charge on any atom is -0.489 e. The van der Waals surface area contributed by atoms with Gasteiger partial charge in [-0.2, -0.15) is 5.26 Å². The molecule has 0 unspecified atom stereocenters. The smallest absolute Gasteiger partial charge is 0.129 e. The van der Waals surface area contributed by atoms with E-state index in [1.165, 1.54) is 42.2 Å². The van der Waals surface area contributed by atoms with Gasteiger partial charge in [-0.25, -0.2) is 4.39 Å². The molecular weight excluding hydrogens is 265 g/mol. The summed E-state index contributed by atoms with van der Waals surface area (Å²) >= 11 is 0. The number of benzene rings is 2. The normalized spacial score (nSPS) is 13.3. The Labute approximate surface area is 123 Å². The Morgan fingerprint density at radius 2 is 1.86 bits per heavy atom. The molecule has 0 radical (unpaired) electrons. The Bertz CT molecular complexity index is 703. The van der Waals surface area contributed by atoms with E-state index in [0.717, 1.165) is 18.6 Å². The molecule has 0 spiro atoms. The fourth-order valence-electron chi connectivity index (χ4n) is 2.72. The van der Waals surface area contributed by atoms with Gasteiger partial charge in [-0.05, 0) is 67.1 Å². The number of fused-ring (bicyclic) bond motifs is 1. The van der Waals surface area contributed by atoms with Gasteiger partial charge in [0.2, 0.25) is 0 Å². The van der Waals surface area contributed by atoms with Gasteiger partial charge in [0, 0.05) is 5.56 Å². The highest BCUT2D eigenvalue weighted by Gasteiger charge is 2.10. The maximum Gasteiger partial charge on any atom is 0.129 e. The van der Waals surface area contributed by atoms with Crippen LogP contribution >= 0.6 is 0 Å². The highest BCUT2D eigenvalue weighted by molar-refractivity contribution is 5.38. The second-order valence-corrected chi connectivity index (χ2v) is 5.34. The van der Waals surface area contributed by atoms with E-state index < -0.39 is 0 Å². The summed E-state index contributed by atoms with van der Waals surface area (Å²) in [7, 11) is 0. The summed E-state index contributed by atoms with van der Waals surface area (Å²) in [4.78, 5) is 0. The molecule has 2 nitrogen and oxygen atoms in total. The van der Waals surface area contributed by atoms with Crippen molar-refractivity contribution in [1.82, 2.24) is 0 Å². The number of rotatable bonds is 3. The second-order valence-electron chi connectivity index (χ2n) is 5.34. The Kier molecular flexibility index (Phi) is 3.87. The van der Waals surface area contributed by atoms with E-state index in [9.17, 15) is 4.39 Å². The predicted octanol–water partition coefficient (Wildman–Crippen LogP) is 4.16. The van der Waals surface area contributed by atoms with Gasteiger partial charge < -0.3 is 4.74 Å². The molecule has 0 saturated carbocycles. The molecule has 21 heavy (non-hydrogen) atoms. The Morgan fingerprint density at radius 1 is 1.05 bits per heavy atom. The van der Waals surface area contributed by atoms with Gasteiger partial charge >= 0.3 is 0 Å². The van der Waals surface area contributed by atoms with Crippen LogP contribution in [0.1, 0.15) is 35.1 Å². The third-order valence-corrected chi connectivity index (χ3v) is 3.89. The number of halogens is 1. The lowest BCUT2D eigenvalue weighted by molar-refractivity contribution is 0.299. The Hall–Kier alpha value is -2.34. The van der Waals surface area contributed by atoms with E-state index in [2.05, 4.69) is 12.1 Å². The van der Waals surface area contributed by atoms with Crippen LogP contribution in [0.25, 0.3) is 0 Å². The Morgan fingerprint density at radius 3 is 2.67 bits per heavy atom. The van der Waals surface area contributed by atoms with Gasteiger partial charge in [0.1, 0.15) is 18.2 Å². The van der Waals surface area contributed by atoms with Crippen molar-refractivity contribution in [3.8, 4) is 11.8 Å². The first-order valence-electron chi connectivity index (χ1n) is 7.19. The maximum absolute atomic E-state index is 13.7. The van der Waals surface area contributed by atoms with Crippen LogP contribution in [0.3, 0.4) is 0 Å². The zero-order chi connectivity index (χ0) is 14.7. The molecule has 0 fully saturated rings. The SMILES string of the molecule is N#Cc1ccc(F)c(COc2ccc3c(c2)CCCC3)c1. The first kappa shape index (κ1) is 13.6. The van der Waals surface area contributed by atoms with Crippen molar-refractivity contribution in [2.45, 2.75) is 32.3 Å². The summed E-state index contributed by atoms with van der Waals surface area (Å²) in [5.41, 5.74) is 3.59. The van der Waals surface area contributed by atoms with Crippen LogP contribution in [0.4, 0.5) is 4.39 Å². The third kappa shape index (κ3) is 3.05. The lowest BCUT2D eigenvalue weighted by Crippen LogP contribution is -2.04. The summed E-state index contributed by atoms with van der Waals surface area (Å²) in [5.74, 6) is 0.421. The molecule has 0 amide bonds. The van der Waals surface area contributed by atoms with Crippen LogP contribution in [0.2, 0.25) is 0 Å². The van der Waals surface area contributed by atoms with Crippen LogP contribution in [0.15, 0.2) is 36.4 Å². The molecule has 0 saturated heterocycles. The van der Waals surface area contributed by atoms with Gasteiger partial charge in [0.25, 0.3) is 0 Å². The lowest BCUT2D eigenvalue weighted by atomic mass is 9.92. The molecule has 2 aromatic rings. The number of ether oxygens (including phenoxy) is 1. The van der Waals surface area contributed by atoms with E-state index >= 15 is 0 Å². The van der Waals surface area contributed by atoms with Crippen molar-refractivity contribution in [3.05, 3.63) is 64.5 Å². The number of aryl methyl sites for hydroxylation is 2. The molecule has 2 aromatic carbocycles.